The molecule has 26 heavy (non-hydrogen) atoms. The fourth-order valence-corrected chi connectivity index (χ4v) is 3.91. The SMILES string of the molecule is N[C@@H]1CCC[C@H]1CC(=O)Nc1ccc(C(=O)NCCN2CCCC2)cc1. The lowest BCUT2D eigenvalue weighted by molar-refractivity contribution is -0.117. The minimum atomic E-state index is -0.0704. The highest BCUT2D eigenvalue weighted by Crippen LogP contribution is 2.27. The number of carbonyl (C=O) groups excluding carboxylic acids is 2. The van der Waals surface area contributed by atoms with Crippen molar-refractivity contribution < 1.29 is 9.59 Å². The van der Waals surface area contributed by atoms with E-state index in [1.54, 1.807) is 24.3 Å². The third-order valence-electron chi connectivity index (χ3n) is 5.51. The molecule has 1 aliphatic heterocycles. The van der Waals surface area contributed by atoms with Crippen LogP contribution >= 0.6 is 0 Å². The van der Waals surface area contributed by atoms with Gasteiger partial charge in [-0.2, -0.15) is 0 Å². The van der Waals surface area contributed by atoms with Crippen LogP contribution in [0.4, 0.5) is 5.69 Å². The highest BCUT2D eigenvalue weighted by atomic mass is 16.2. The summed E-state index contributed by atoms with van der Waals surface area (Å²) < 4.78 is 0. The molecule has 2 fully saturated rings. The number of carbonyl (C=O) groups is 2. The molecule has 2 aliphatic rings. The molecule has 0 aromatic heterocycles. The fraction of sp³-hybridized carbons (Fsp3) is 0.600. The van der Waals surface area contributed by atoms with Gasteiger partial charge in [0.25, 0.3) is 5.91 Å². The molecule has 1 heterocycles. The van der Waals surface area contributed by atoms with Gasteiger partial charge in [0.05, 0.1) is 0 Å². The van der Waals surface area contributed by atoms with Gasteiger partial charge in [-0.15, -0.1) is 0 Å². The number of hydrogen-bond donors (Lipinski definition) is 3. The molecule has 4 N–H and O–H groups in total. The molecule has 1 aliphatic carbocycles. The summed E-state index contributed by atoms with van der Waals surface area (Å²) in [6.07, 6.45) is 6.15. The Morgan fingerprint density at radius 3 is 2.46 bits per heavy atom. The molecule has 6 nitrogen and oxygen atoms in total. The van der Waals surface area contributed by atoms with Crippen LogP contribution in [0.2, 0.25) is 0 Å². The average molecular weight is 358 g/mol. The molecule has 0 bridgehead atoms. The topological polar surface area (TPSA) is 87.5 Å². The van der Waals surface area contributed by atoms with Gasteiger partial charge in [0.15, 0.2) is 0 Å². The van der Waals surface area contributed by atoms with E-state index in [1.165, 1.54) is 12.8 Å². The van der Waals surface area contributed by atoms with E-state index in [9.17, 15) is 9.59 Å². The van der Waals surface area contributed by atoms with Crippen molar-refractivity contribution in [3.05, 3.63) is 29.8 Å². The summed E-state index contributed by atoms with van der Waals surface area (Å²) in [5.74, 6) is 0.213. The van der Waals surface area contributed by atoms with E-state index < -0.39 is 0 Å². The van der Waals surface area contributed by atoms with Crippen LogP contribution in [-0.4, -0.2) is 48.9 Å². The lowest BCUT2D eigenvalue weighted by Crippen LogP contribution is -2.33. The predicted molar refractivity (Wildman–Crippen MR) is 103 cm³/mol. The van der Waals surface area contributed by atoms with E-state index >= 15 is 0 Å². The van der Waals surface area contributed by atoms with Gasteiger partial charge in [-0.05, 0) is 69.0 Å². The van der Waals surface area contributed by atoms with E-state index in [4.69, 9.17) is 5.73 Å². The number of nitrogens with two attached hydrogens (primary N) is 1. The monoisotopic (exact) mass is 358 g/mol. The van der Waals surface area contributed by atoms with E-state index in [1.807, 2.05) is 0 Å². The minimum absolute atomic E-state index is 0.00448. The number of amides is 2. The van der Waals surface area contributed by atoms with Gasteiger partial charge in [0, 0.05) is 36.8 Å². The molecule has 2 amide bonds. The first kappa shape index (κ1) is 18.9. The zero-order chi connectivity index (χ0) is 18.4. The number of nitrogens with zero attached hydrogens (tertiary/aromatic N) is 1. The normalized spacial score (nSPS) is 23.1. The Bertz CT molecular complexity index is 611. The maximum Gasteiger partial charge on any atom is 0.251 e. The van der Waals surface area contributed by atoms with Gasteiger partial charge in [-0.1, -0.05) is 6.42 Å². The van der Waals surface area contributed by atoms with Crippen molar-refractivity contribution in [2.75, 3.05) is 31.5 Å². The number of nitrogens with one attached hydrogen (secondary N) is 2. The van der Waals surface area contributed by atoms with Crippen LogP contribution in [0.25, 0.3) is 0 Å². The molecule has 0 unspecified atom stereocenters. The van der Waals surface area contributed by atoms with Crippen molar-refractivity contribution in [3.63, 3.8) is 0 Å². The van der Waals surface area contributed by atoms with Gasteiger partial charge in [0.2, 0.25) is 5.91 Å². The minimum Gasteiger partial charge on any atom is -0.351 e. The molecule has 1 aromatic rings. The quantitative estimate of drug-likeness (QED) is 0.695. The summed E-state index contributed by atoms with van der Waals surface area (Å²) in [4.78, 5) is 26.7. The fourth-order valence-electron chi connectivity index (χ4n) is 3.91. The largest absolute Gasteiger partial charge is 0.351 e. The first-order chi connectivity index (χ1) is 12.6. The molecule has 1 aromatic carbocycles. The van der Waals surface area contributed by atoms with Gasteiger partial charge in [-0.3, -0.25) is 9.59 Å². The first-order valence-corrected chi connectivity index (χ1v) is 9.78. The van der Waals surface area contributed by atoms with Gasteiger partial charge in [-0.25, -0.2) is 0 Å². The highest BCUT2D eigenvalue weighted by molar-refractivity contribution is 5.95. The Labute approximate surface area is 155 Å². The summed E-state index contributed by atoms with van der Waals surface area (Å²) in [6.45, 7) is 3.84. The van der Waals surface area contributed by atoms with E-state index in [0.29, 0.717) is 18.5 Å². The van der Waals surface area contributed by atoms with Crippen LogP contribution in [0, 0.1) is 5.92 Å². The lowest BCUT2D eigenvalue weighted by Gasteiger charge is -2.15. The number of anilines is 1. The van der Waals surface area contributed by atoms with Crippen molar-refractivity contribution in [1.82, 2.24) is 10.2 Å². The standard InChI is InChI=1S/C20H30N4O2/c21-18-5-3-4-16(18)14-19(25)23-17-8-6-15(7-9-17)20(26)22-10-13-24-11-1-2-12-24/h6-9,16,18H,1-5,10-14,21H2,(H,22,26)(H,23,25)/t16-,18+/m0/s1. The first-order valence-electron chi connectivity index (χ1n) is 9.78. The van der Waals surface area contributed by atoms with Crippen molar-refractivity contribution in [3.8, 4) is 0 Å². The molecule has 0 spiro atoms. The predicted octanol–water partition coefficient (Wildman–Crippen LogP) is 1.97. The number of benzene rings is 1. The molecular formula is C20H30N4O2. The van der Waals surface area contributed by atoms with Crippen molar-refractivity contribution in [2.45, 2.75) is 44.6 Å². The van der Waals surface area contributed by atoms with Crippen LogP contribution in [-0.2, 0) is 4.79 Å². The second kappa shape index (κ2) is 9.14. The zero-order valence-corrected chi connectivity index (χ0v) is 15.4. The molecule has 1 saturated heterocycles. The van der Waals surface area contributed by atoms with E-state index in [2.05, 4.69) is 15.5 Å². The maximum atomic E-state index is 12.2. The smallest absolute Gasteiger partial charge is 0.251 e. The molecule has 6 heteroatoms. The van der Waals surface area contributed by atoms with Gasteiger partial charge in [0.1, 0.15) is 0 Å². The Morgan fingerprint density at radius 2 is 1.81 bits per heavy atom. The average Bonchev–Trinajstić information content (AvgIpc) is 3.28. The van der Waals surface area contributed by atoms with Crippen LogP contribution in [0.1, 0.15) is 48.9 Å². The number of hydrogen-bond acceptors (Lipinski definition) is 4. The maximum absolute atomic E-state index is 12.2. The van der Waals surface area contributed by atoms with Crippen molar-refractivity contribution >= 4 is 17.5 Å². The number of rotatable bonds is 7. The summed E-state index contributed by atoms with van der Waals surface area (Å²) in [7, 11) is 0. The molecule has 1 saturated carbocycles. The Balaban J connectivity index is 1.42. The van der Waals surface area contributed by atoms with Gasteiger partial charge < -0.3 is 21.3 Å². The van der Waals surface area contributed by atoms with Crippen LogP contribution in [0.3, 0.4) is 0 Å². The number of likely N-dealkylation sites (tertiary alicyclic amines) is 1. The zero-order valence-electron chi connectivity index (χ0n) is 15.4. The Morgan fingerprint density at radius 1 is 1.08 bits per heavy atom. The molecule has 2 atom stereocenters. The second-order valence-corrected chi connectivity index (χ2v) is 7.49. The molecule has 142 valence electrons. The van der Waals surface area contributed by atoms with E-state index in [0.717, 1.165) is 44.6 Å². The van der Waals surface area contributed by atoms with Crippen LogP contribution < -0.4 is 16.4 Å². The molecule has 3 rings (SSSR count). The highest BCUT2D eigenvalue weighted by Gasteiger charge is 2.26. The summed E-state index contributed by atoms with van der Waals surface area (Å²) in [5.41, 5.74) is 7.36. The molecular weight excluding hydrogens is 328 g/mol. The van der Waals surface area contributed by atoms with Crippen LogP contribution in [0.5, 0.6) is 0 Å². The summed E-state index contributed by atoms with van der Waals surface area (Å²) in [5, 5.41) is 5.86. The lowest BCUT2D eigenvalue weighted by atomic mass is 10.00. The Hall–Kier alpha value is -1.92. The third kappa shape index (κ3) is 5.29. The van der Waals surface area contributed by atoms with E-state index in [-0.39, 0.29) is 23.8 Å². The third-order valence-corrected chi connectivity index (χ3v) is 5.51. The van der Waals surface area contributed by atoms with Crippen molar-refractivity contribution in [2.24, 2.45) is 11.7 Å². The summed E-state index contributed by atoms with van der Waals surface area (Å²) in [6, 6.07) is 7.21. The Kier molecular flexibility index (Phi) is 6.63. The van der Waals surface area contributed by atoms with Crippen molar-refractivity contribution in [1.29, 1.82) is 0 Å². The second-order valence-electron chi connectivity index (χ2n) is 7.49. The van der Waals surface area contributed by atoms with Crippen LogP contribution in [0.15, 0.2) is 24.3 Å². The van der Waals surface area contributed by atoms with Gasteiger partial charge >= 0.3 is 0 Å². The summed E-state index contributed by atoms with van der Waals surface area (Å²) >= 11 is 0. The molecule has 0 radical (unpaired) electrons.